The van der Waals surface area contributed by atoms with Crippen LogP contribution in [0.25, 0.3) is 0 Å². The zero-order valence-electron chi connectivity index (χ0n) is 11.1. The van der Waals surface area contributed by atoms with Crippen LogP contribution in [0.15, 0.2) is 24.3 Å². The third kappa shape index (κ3) is 3.34. The molecule has 1 heteroatoms. The molecule has 1 saturated heterocycles. The maximum Gasteiger partial charge on any atom is 0.00206 e. The average Bonchev–Trinajstić information content (AvgIpc) is 2.85. The lowest BCUT2D eigenvalue weighted by Gasteiger charge is -2.12. The Morgan fingerprint density at radius 2 is 2.00 bits per heavy atom. The van der Waals surface area contributed by atoms with E-state index in [4.69, 9.17) is 0 Å². The van der Waals surface area contributed by atoms with Gasteiger partial charge in [-0.15, -0.1) is 0 Å². The van der Waals surface area contributed by atoms with Crippen LogP contribution in [0.2, 0.25) is 0 Å². The Morgan fingerprint density at radius 3 is 2.56 bits per heavy atom. The first-order chi connectivity index (χ1) is 7.77. The minimum absolute atomic E-state index is 0.643. The molecule has 0 spiro atoms. The summed E-state index contributed by atoms with van der Waals surface area (Å²) in [6, 6.07) is 9.07. The number of benzene rings is 1. The highest BCUT2D eigenvalue weighted by atomic mass is 14.9. The van der Waals surface area contributed by atoms with E-state index < -0.39 is 0 Å². The fourth-order valence-electron chi connectivity index (χ4n) is 2.11. The van der Waals surface area contributed by atoms with Gasteiger partial charge in [0, 0.05) is 6.54 Å². The van der Waals surface area contributed by atoms with E-state index in [9.17, 15) is 0 Å². The van der Waals surface area contributed by atoms with Gasteiger partial charge in [0.25, 0.3) is 0 Å². The molecule has 1 aromatic carbocycles. The Hall–Kier alpha value is -0.820. The van der Waals surface area contributed by atoms with E-state index in [0.717, 1.165) is 12.5 Å². The predicted octanol–water partition coefficient (Wildman–Crippen LogP) is 3.91. The molecule has 0 radical (unpaired) electrons. The van der Waals surface area contributed by atoms with Crippen molar-refractivity contribution in [2.45, 2.75) is 46.0 Å². The fourth-order valence-corrected chi connectivity index (χ4v) is 2.11. The van der Waals surface area contributed by atoms with Crippen LogP contribution in [0, 0.1) is 0 Å². The van der Waals surface area contributed by atoms with Crippen molar-refractivity contribution in [1.29, 1.82) is 0 Å². The van der Waals surface area contributed by atoms with Crippen LogP contribution in [-0.4, -0.2) is 13.1 Å². The summed E-state index contributed by atoms with van der Waals surface area (Å²) in [4.78, 5) is 0. The van der Waals surface area contributed by atoms with Crippen LogP contribution < -0.4 is 5.32 Å². The quantitative estimate of drug-likeness (QED) is 0.795. The number of hydrogen-bond donors (Lipinski definition) is 1. The normalized spacial score (nSPS) is 19.4. The van der Waals surface area contributed by atoms with Crippen molar-refractivity contribution in [3.05, 3.63) is 35.4 Å². The van der Waals surface area contributed by atoms with Gasteiger partial charge >= 0.3 is 0 Å². The van der Waals surface area contributed by atoms with Gasteiger partial charge in [0.05, 0.1) is 0 Å². The molecule has 0 amide bonds. The molecule has 0 aliphatic carbocycles. The van der Waals surface area contributed by atoms with Crippen molar-refractivity contribution in [3.8, 4) is 0 Å². The Kier molecular flexibility index (Phi) is 5.54. The molecule has 1 N–H and O–H groups in total. The van der Waals surface area contributed by atoms with Crippen LogP contribution >= 0.6 is 0 Å². The lowest BCUT2D eigenvalue weighted by Crippen LogP contribution is -2.08. The molecule has 0 bridgehead atoms. The van der Waals surface area contributed by atoms with E-state index in [1.165, 1.54) is 24.1 Å². The molecule has 1 aromatic rings. The SMILES string of the molecule is CC.CC(C)c1cccc(C2CCNC2)c1. The Labute approximate surface area is 100 Å². The zero-order chi connectivity index (χ0) is 12.0. The molecular formula is C15H25N. The average molecular weight is 219 g/mol. The van der Waals surface area contributed by atoms with Gasteiger partial charge in [0.2, 0.25) is 0 Å². The highest BCUT2D eigenvalue weighted by Gasteiger charge is 2.16. The third-order valence-electron chi connectivity index (χ3n) is 3.11. The van der Waals surface area contributed by atoms with Crippen molar-refractivity contribution in [2.75, 3.05) is 13.1 Å². The van der Waals surface area contributed by atoms with E-state index in [1.54, 1.807) is 0 Å². The second-order valence-corrected chi connectivity index (χ2v) is 4.51. The van der Waals surface area contributed by atoms with Gasteiger partial charge in [-0.1, -0.05) is 52.0 Å². The van der Waals surface area contributed by atoms with E-state index in [2.05, 4.69) is 43.4 Å². The molecule has 1 atom stereocenters. The van der Waals surface area contributed by atoms with Gasteiger partial charge in [-0.3, -0.25) is 0 Å². The van der Waals surface area contributed by atoms with Crippen LogP contribution in [0.5, 0.6) is 0 Å². The summed E-state index contributed by atoms with van der Waals surface area (Å²) in [6.07, 6.45) is 1.29. The standard InChI is InChI=1S/C13H19N.C2H6/c1-10(2)11-4-3-5-12(8-11)13-6-7-14-9-13;1-2/h3-5,8,10,13-14H,6-7,9H2,1-2H3;1-2H3. The summed E-state index contributed by atoms with van der Waals surface area (Å²) < 4.78 is 0. The first-order valence-corrected chi connectivity index (χ1v) is 6.58. The van der Waals surface area contributed by atoms with E-state index in [0.29, 0.717) is 5.92 Å². The Bertz CT molecular complexity index is 298. The molecule has 16 heavy (non-hydrogen) atoms. The van der Waals surface area contributed by atoms with Gasteiger partial charge in [-0.2, -0.15) is 0 Å². The molecule has 1 fully saturated rings. The lowest BCUT2D eigenvalue weighted by atomic mass is 9.93. The molecule has 1 nitrogen and oxygen atoms in total. The number of rotatable bonds is 2. The van der Waals surface area contributed by atoms with E-state index in [-0.39, 0.29) is 0 Å². The van der Waals surface area contributed by atoms with Gasteiger partial charge in [-0.05, 0) is 35.9 Å². The van der Waals surface area contributed by atoms with Gasteiger partial charge in [0.1, 0.15) is 0 Å². The highest BCUT2D eigenvalue weighted by Crippen LogP contribution is 2.25. The minimum Gasteiger partial charge on any atom is -0.316 e. The Balaban J connectivity index is 0.000000606. The van der Waals surface area contributed by atoms with Gasteiger partial charge < -0.3 is 5.32 Å². The predicted molar refractivity (Wildman–Crippen MR) is 72.1 cm³/mol. The molecule has 2 rings (SSSR count). The van der Waals surface area contributed by atoms with Crippen LogP contribution in [0.4, 0.5) is 0 Å². The lowest BCUT2D eigenvalue weighted by molar-refractivity contribution is 0.757. The van der Waals surface area contributed by atoms with E-state index >= 15 is 0 Å². The maximum atomic E-state index is 3.42. The summed E-state index contributed by atoms with van der Waals surface area (Å²) in [5.74, 6) is 1.39. The number of hydrogen-bond acceptors (Lipinski definition) is 1. The molecule has 1 aliphatic heterocycles. The van der Waals surface area contributed by atoms with Crippen molar-refractivity contribution in [2.24, 2.45) is 0 Å². The first-order valence-electron chi connectivity index (χ1n) is 6.58. The topological polar surface area (TPSA) is 12.0 Å². The molecule has 1 aliphatic rings. The largest absolute Gasteiger partial charge is 0.316 e. The van der Waals surface area contributed by atoms with Gasteiger partial charge in [0.15, 0.2) is 0 Å². The van der Waals surface area contributed by atoms with E-state index in [1.807, 2.05) is 13.8 Å². The maximum absolute atomic E-state index is 3.42. The van der Waals surface area contributed by atoms with Crippen LogP contribution in [0.1, 0.15) is 57.1 Å². The summed E-state index contributed by atoms with van der Waals surface area (Å²) in [6.45, 7) is 10.8. The Morgan fingerprint density at radius 1 is 1.25 bits per heavy atom. The first kappa shape index (κ1) is 13.2. The molecule has 1 unspecified atom stereocenters. The smallest absolute Gasteiger partial charge is 0.00206 e. The highest BCUT2D eigenvalue weighted by molar-refractivity contribution is 5.29. The second kappa shape index (κ2) is 6.70. The van der Waals surface area contributed by atoms with Crippen molar-refractivity contribution in [3.63, 3.8) is 0 Å². The molecular weight excluding hydrogens is 194 g/mol. The van der Waals surface area contributed by atoms with Crippen molar-refractivity contribution in [1.82, 2.24) is 5.32 Å². The van der Waals surface area contributed by atoms with Crippen molar-refractivity contribution >= 4 is 0 Å². The molecule has 1 heterocycles. The third-order valence-corrected chi connectivity index (χ3v) is 3.11. The summed E-state index contributed by atoms with van der Waals surface area (Å²) in [7, 11) is 0. The zero-order valence-corrected chi connectivity index (χ0v) is 11.1. The second-order valence-electron chi connectivity index (χ2n) is 4.51. The summed E-state index contributed by atoms with van der Waals surface area (Å²) in [5.41, 5.74) is 2.98. The summed E-state index contributed by atoms with van der Waals surface area (Å²) >= 11 is 0. The monoisotopic (exact) mass is 219 g/mol. The number of nitrogens with one attached hydrogen (secondary N) is 1. The van der Waals surface area contributed by atoms with Gasteiger partial charge in [-0.25, -0.2) is 0 Å². The fraction of sp³-hybridized carbons (Fsp3) is 0.600. The molecule has 0 saturated carbocycles. The molecule has 90 valence electrons. The minimum atomic E-state index is 0.643. The van der Waals surface area contributed by atoms with Crippen LogP contribution in [-0.2, 0) is 0 Å². The molecule has 0 aromatic heterocycles. The summed E-state index contributed by atoms with van der Waals surface area (Å²) in [5, 5.41) is 3.42. The van der Waals surface area contributed by atoms with Crippen molar-refractivity contribution < 1.29 is 0 Å². The van der Waals surface area contributed by atoms with Crippen LogP contribution in [0.3, 0.4) is 0 Å².